The van der Waals surface area contributed by atoms with Gasteiger partial charge in [0.1, 0.15) is 11.5 Å². The Morgan fingerprint density at radius 1 is 0.875 bits per heavy atom. The topological polar surface area (TPSA) is 30.2 Å². The number of rotatable bonds is 2. The quantitative estimate of drug-likeness (QED) is 0.518. The lowest BCUT2D eigenvalue weighted by Crippen LogP contribution is -1.87. The second-order valence-corrected chi connectivity index (χ2v) is 5.50. The van der Waals surface area contributed by atoms with Crippen molar-refractivity contribution in [1.29, 1.82) is 0 Å². The van der Waals surface area contributed by atoms with E-state index in [0.717, 1.165) is 33.5 Å². The van der Waals surface area contributed by atoms with Crippen molar-refractivity contribution in [3.63, 3.8) is 0 Å². The van der Waals surface area contributed by atoms with Crippen molar-refractivity contribution in [1.82, 2.24) is 14.6 Å². The third-order valence-electron chi connectivity index (χ3n) is 3.86. The maximum absolute atomic E-state index is 13.2. The van der Waals surface area contributed by atoms with Crippen LogP contribution >= 0.6 is 12.4 Å². The van der Waals surface area contributed by atoms with Gasteiger partial charge in [0, 0.05) is 29.7 Å². The Bertz CT molecular complexity index is 979. The lowest BCUT2D eigenvalue weighted by Gasteiger charge is -2.03. The van der Waals surface area contributed by atoms with Crippen LogP contribution < -0.4 is 0 Å². The molecule has 0 N–H and O–H groups in total. The molecule has 4 aromatic rings. The van der Waals surface area contributed by atoms with Gasteiger partial charge in [0.15, 0.2) is 0 Å². The number of nitrogens with zero attached hydrogens (tertiary/aromatic N) is 3. The van der Waals surface area contributed by atoms with Gasteiger partial charge in [0.2, 0.25) is 0 Å². The van der Waals surface area contributed by atoms with Crippen LogP contribution in [0.3, 0.4) is 0 Å². The molecule has 0 saturated carbocycles. The van der Waals surface area contributed by atoms with E-state index in [2.05, 4.69) is 17.1 Å². The van der Waals surface area contributed by atoms with Crippen LogP contribution in [0.15, 0.2) is 67.1 Å². The average molecular weight is 340 g/mol. The Labute approximate surface area is 145 Å². The summed E-state index contributed by atoms with van der Waals surface area (Å²) in [4.78, 5) is 4.09. The van der Waals surface area contributed by atoms with E-state index in [1.165, 1.54) is 12.1 Å². The molecule has 24 heavy (non-hydrogen) atoms. The van der Waals surface area contributed by atoms with E-state index < -0.39 is 0 Å². The Morgan fingerprint density at radius 3 is 2.29 bits per heavy atom. The highest BCUT2D eigenvalue weighted by atomic mass is 35.5. The molecule has 0 aliphatic rings. The molecule has 0 bridgehead atoms. The van der Waals surface area contributed by atoms with E-state index in [-0.39, 0.29) is 18.2 Å². The van der Waals surface area contributed by atoms with Crippen LogP contribution in [0, 0.1) is 12.7 Å². The van der Waals surface area contributed by atoms with Crippen LogP contribution in [0.4, 0.5) is 4.39 Å². The first-order chi connectivity index (χ1) is 11.2. The minimum Gasteiger partial charge on any atom is -0.265 e. The molecule has 0 spiro atoms. The summed E-state index contributed by atoms with van der Waals surface area (Å²) in [6.45, 7) is 2.03. The van der Waals surface area contributed by atoms with Crippen molar-refractivity contribution in [3.8, 4) is 22.4 Å². The second-order valence-electron chi connectivity index (χ2n) is 5.50. The zero-order chi connectivity index (χ0) is 15.8. The number of hydrogen-bond donors (Lipinski definition) is 0. The number of halogens is 2. The summed E-state index contributed by atoms with van der Waals surface area (Å²) in [5.41, 5.74) is 5.94. The van der Waals surface area contributed by atoms with Crippen LogP contribution in [0.2, 0.25) is 0 Å². The molecule has 0 saturated heterocycles. The molecule has 0 aliphatic carbocycles. The summed E-state index contributed by atoms with van der Waals surface area (Å²) in [5.74, 6) is -0.251. The molecule has 0 radical (unpaired) electrons. The van der Waals surface area contributed by atoms with Gasteiger partial charge in [0.25, 0.3) is 0 Å². The van der Waals surface area contributed by atoms with Crippen molar-refractivity contribution in [3.05, 3.63) is 78.5 Å². The number of benzene rings is 1. The Morgan fingerprint density at radius 2 is 1.58 bits per heavy atom. The molecule has 0 unspecified atom stereocenters. The van der Waals surface area contributed by atoms with Crippen LogP contribution in [-0.2, 0) is 0 Å². The molecular formula is C19H15ClFN3. The van der Waals surface area contributed by atoms with Gasteiger partial charge in [-0.3, -0.25) is 4.98 Å². The zero-order valence-corrected chi connectivity index (χ0v) is 13.8. The number of aromatic nitrogens is 3. The average Bonchev–Trinajstić information content (AvgIpc) is 2.94. The molecule has 3 aromatic heterocycles. The van der Waals surface area contributed by atoms with E-state index in [4.69, 9.17) is 5.10 Å². The SMILES string of the molecule is Cc1ccc2c(-c3ccncc3)c(-c3ccc(F)cc3)nn2c1.Cl. The third-order valence-corrected chi connectivity index (χ3v) is 3.86. The van der Waals surface area contributed by atoms with Gasteiger partial charge >= 0.3 is 0 Å². The molecule has 3 nitrogen and oxygen atoms in total. The zero-order valence-electron chi connectivity index (χ0n) is 13.0. The molecule has 0 amide bonds. The van der Waals surface area contributed by atoms with Crippen molar-refractivity contribution < 1.29 is 4.39 Å². The predicted molar refractivity (Wildman–Crippen MR) is 95.8 cm³/mol. The smallest absolute Gasteiger partial charge is 0.123 e. The van der Waals surface area contributed by atoms with Gasteiger partial charge in [-0.15, -0.1) is 12.4 Å². The van der Waals surface area contributed by atoms with Gasteiger partial charge in [-0.2, -0.15) is 5.10 Å². The highest BCUT2D eigenvalue weighted by Crippen LogP contribution is 2.35. The van der Waals surface area contributed by atoms with E-state index >= 15 is 0 Å². The maximum atomic E-state index is 13.2. The van der Waals surface area contributed by atoms with E-state index in [0.29, 0.717) is 0 Å². The first-order valence-corrected chi connectivity index (χ1v) is 7.38. The fourth-order valence-corrected chi connectivity index (χ4v) is 2.76. The largest absolute Gasteiger partial charge is 0.265 e. The highest BCUT2D eigenvalue weighted by Gasteiger charge is 2.16. The molecule has 0 fully saturated rings. The van der Waals surface area contributed by atoms with Crippen LogP contribution in [0.1, 0.15) is 5.56 Å². The lowest BCUT2D eigenvalue weighted by molar-refractivity contribution is 0.628. The van der Waals surface area contributed by atoms with Gasteiger partial charge < -0.3 is 0 Å². The van der Waals surface area contributed by atoms with Gasteiger partial charge in [-0.25, -0.2) is 8.91 Å². The summed E-state index contributed by atoms with van der Waals surface area (Å²) in [7, 11) is 0. The molecule has 4 rings (SSSR count). The van der Waals surface area contributed by atoms with Crippen molar-refractivity contribution in [2.75, 3.05) is 0 Å². The van der Waals surface area contributed by atoms with E-state index in [9.17, 15) is 4.39 Å². The fourth-order valence-electron chi connectivity index (χ4n) is 2.76. The number of fused-ring (bicyclic) bond motifs is 1. The summed E-state index contributed by atoms with van der Waals surface area (Å²) >= 11 is 0. The monoisotopic (exact) mass is 339 g/mol. The Hall–Kier alpha value is -2.72. The standard InChI is InChI=1S/C19H14FN3.ClH/c1-13-2-7-17-18(14-8-10-21-11-9-14)19(22-23(17)12-13)15-3-5-16(20)6-4-15;/h2-12H,1H3;1H. The summed E-state index contributed by atoms with van der Waals surface area (Å²) in [6.07, 6.45) is 5.52. The van der Waals surface area contributed by atoms with Crippen molar-refractivity contribution in [2.24, 2.45) is 0 Å². The van der Waals surface area contributed by atoms with Crippen molar-refractivity contribution >= 4 is 17.9 Å². The highest BCUT2D eigenvalue weighted by molar-refractivity contribution is 5.92. The normalized spacial score (nSPS) is 10.6. The molecule has 120 valence electrons. The van der Waals surface area contributed by atoms with Crippen LogP contribution in [0.25, 0.3) is 27.9 Å². The summed E-state index contributed by atoms with van der Waals surface area (Å²) < 4.78 is 15.1. The lowest BCUT2D eigenvalue weighted by atomic mass is 10.0. The van der Waals surface area contributed by atoms with E-state index in [1.807, 2.05) is 29.8 Å². The van der Waals surface area contributed by atoms with Crippen LogP contribution in [0.5, 0.6) is 0 Å². The number of hydrogen-bond acceptors (Lipinski definition) is 2. The van der Waals surface area contributed by atoms with Gasteiger partial charge in [-0.05, 0) is 60.5 Å². The minimum atomic E-state index is -0.251. The maximum Gasteiger partial charge on any atom is 0.123 e. The van der Waals surface area contributed by atoms with Gasteiger partial charge in [0.05, 0.1) is 5.52 Å². The van der Waals surface area contributed by atoms with Gasteiger partial charge in [-0.1, -0.05) is 6.07 Å². The molecule has 3 heterocycles. The second kappa shape index (κ2) is 6.42. The Balaban J connectivity index is 0.00000169. The molecular weight excluding hydrogens is 325 g/mol. The summed E-state index contributed by atoms with van der Waals surface area (Å²) in [5, 5.41) is 4.72. The summed E-state index contributed by atoms with van der Waals surface area (Å²) in [6, 6.07) is 14.5. The first kappa shape index (κ1) is 16.1. The molecule has 1 aromatic carbocycles. The van der Waals surface area contributed by atoms with Crippen molar-refractivity contribution in [2.45, 2.75) is 6.92 Å². The fraction of sp³-hybridized carbons (Fsp3) is 0.0526. The molecule has 5 heteroatoms. The molecule has 0 aliphatic heterocycles. The van der Waals surface area contributed by atoms with Crippen LogP contribution in [-0.4, -0.2) is 14.6 Å². The molecule has 0 atom stereocenters. The minimum absolute atomic E-state index is 0. The third kappa shape index (κ3) is 2.76. The number of aryl methyl sites for hydroxylation is 1. The van der Waals surface area contributed by atoms with E-state index in [1.54, 1.807) is 24.5 Å². The first-order valence-electron chi connectivity index (χ1n) is 7.38. The number of pyridine rings is 2. The predicted octanol–water partition coefficient (Wildman–Crippen LogP) is 4.93. The Kier molecular flexibility index (Phi) is 4.32.